The molecule has 0 fully saturated rings. The number of rotatable bonds is 2. The largest absolute Gasteiger partial charge is 0.258 e. The number of halogens is 1. The zero-order valence-electron chi connectivity index (χ0n) is 6.42. The van der Waals surface area contributed by atoms with Crippen molar-refractivity contribution in [3.63, 3.8) is 0 Å². The minimum atomic E-state index is -0.301. The third kappa shape index (κ3) is 1.87. The molecule has 1 nitrogen and oxygen atoms in total. The lowest BCUT2D eigenvalue weighted by Crippen LogP contribution is -1.92. The maximum atomic E-state index is 12.4. The number of aromatic nitrogens is 1. The molecule has 0 aliphatic rings. The fourth-order valence-corrected chi connectivity index (χ4v) is 0.777. The van der Waals surface area contributed by atoms with Crippen molar-refractivity contribution in [1.29, 1.82) is 0 Å². The molecule has 1 aromatic rings. The van der Waals surface area contributed by atoms with Gasteiger partial charge in [-0.3, -0.25) is 4.98 Å². The summed E-state index contributed by atoms with van der Waals surface area (Å²) in [6.07, 6.45) is 3.00. The lowest BCUT2D eigenvalue weighted by atomic mass is 10.1. The highest BCUT2D eigenvalue weighted by Gasteiger charge is 2.00. The van der Waals surface area contributed by atoms with Crippen LogP contribution >= 0.6 is 0 Å². The lowest BCUT2D eigenvalue weighted by Gasteiger charge is -2.02. The van der Waals surface area contributed by atoms with Gasteiger partial charge in [0.15, 0.2) is 0 Å². The fourth-order valence-electron chi connectivity index (χ4n) is 0.777. The fraction of sp³-hybridized carbons (Fsp3) is 0.222. The molecule has 0 N–H and O–H groups in total. The van der Waals surface area contributed by atoms with Gasteiger partial charge in [0.1, 0.15) is 5.82 Å². The predicted molar refractivity (Wildman–Crippen MR) is 42.8 cm³/mol. The minimum absolute atomic E-state index is 0.190. The second kappa shape index (κ2) is 3.28. The quantitative estimate of drug-likeness (QED) is 0.592. The molecule has 0 aliphatic heterocycles. The van der Waals surface area contributed by atoms with E-state index in [4.69, 9.17) is 0 Å². The van der Waals surface area contributed by atoms with Crippen LogP contribution in [0.5, 0.6) is 0 Å². The highest BCUT2D eigenvalue weighted by molar-refractivity contribution is 5.13. The summed E-state index contributed by atoms with van der Waals surface area (Å²) in [5, 5.41) is 0. The molecule has 0 bridgehead atoms. The van der Waals surface area contributed by atoms with Crippen molar-refractivity contribution in [3.8, 4) is 0 Å². The molecular formula is C9H10FN. The van der Waals surface area contributed by atoms with Crippen LogP contribution < -0.4 is 0 Å². The molecule has 0 spiro atoms. The Morgan fingerprint density at radius 2 is 2.36 bits per heavy atom. The smallest absolute Gasteiger partial charge is 0.141 e. The van der Waals surface area contributed by atoms with E-state index in [9.17, 15) is 4.39 Å². The van der Waals surface area contributed by atoms with Crippen molar-refractivity contribution >= 4 is 0 Å². The Balaban J connectivity index is 2.89. The van der Waals surface area contributed by atoms with Crippen LogP contribution in [0.1, 0.15) is 18.5 Å². The molecule has 0 aromatic carbocycles. The van der Waals surface area contributed by atoms with Crippen LogP contribution in [-0.2, 0) is 0 Å². The Morgan fingerprint density at radius 3 is 2.82 bits per heavy atom. The summed E-state index contributed by atoms with van der Waals surface area (Å²) >= 11 is 0. The van der Waals surface area contributed by atoms with Gasteiger partial charge in [-0.1, -0.05) is 13.0 Å². The molecule has 0 amide bonds. The number of allylic oxidation sites excluding steroid dienone is 1. The van der Waals surface area contributed by atoms with E-state index in [1.54, 1.807) is 12.1 Å². The van der Waals surface area contributed by atoms with Crippen LogP contribution in [0.3, 0.4) is 0 Å². The molecule has 1 atom stereocenters. The third-order valence-corrected chi connectivity index (χ3v) is 1.57. The standard InChI is InChI=1S/C9H10FN/c1-3-7(2)9-5-4-8(10)6-11-9/h3-7H,1H2,2H3/t7-/m1/s1. The second-order valence-electron chi connectivity index (χ2n) is 2.43. The van der Waals surface area contributed by atoms with Crippen LogP contribution in [-0.4, -0.2) is 4.98 Å². The van der Waals surface area contributed by atoms with Gasteiger partial charge in [-0.2, -0.15) is 0 Å². The van der Waals surface area contributed by atoms with Gasteiger partial charge in [0.25, 0.3) is 0 Å². The van der Waals surface area contributed by atoms with E-state index in [0.717, 1.165) is 5.69 Å². The van der Waals surface area contributed by atoms with E-state index >= 15 is 0 Å². The molecule has 1 rings (SSSR count). The molecule has 2 heteroatoms. The van der Waals surface area contributed by atoms with Crippen LogP contribution in [0.25, 0.3) is 0 Å². The van der Waals surface area contributed by atoms with Crippen LogP contribution in [0.2, 0.25) is 0 Å². The zero-order chi connectivity index (χ0) is 8.27. The molecule has 1 heterocycles. The van der Waals surface area contributed by atoms with Gasteiger partial charge in [0.05, 0.1) is 6.20 Å². The summed E-state index contributed by atoms with van der Waals surface area (Å²) in [5.41, 5.74) is 0.849. The summed E-state index contributed by atoms with van der Waals surface area (Å²) < 4.78 is 12.4. The highest BCUT2D eigenvalue weighted by Crippen LogP contribution is 2.12. The maximum Gasteiger partial charge on any atom is 0.141 e. The van der Waals surface area contributed by atoms with Gasteiger partial charge in [0.2, 0.25) is 0 Å². The van der Waals surface area contributed by atoms with E-state index in [0.29, 0.717) is 0 Å². The monoisotopic (exact) mass is 151 g/mol. The molecule has 1 aromatic heterocycles. The first kappa shape index (κ1) is 7.92. The van der Waals surface area contributed by atoms with Gasteiger partial charge >= 0.3 is 0 Å². The van der Waals surface area contributed by atoms with E-state index in [1.165, 1.54) is 12.3 Å². The highest BCUT2D eigenvalue weighted by atomic mass is 19.1. The Labute approximate surface area is 65.6 Å². The molecular weight excluding hydrogens is 141 g/mol. The van der Waals surface area contributed by atoms with Gasteiger partial charge < -0.3 is 0 Å². The van der Waals surface area contributed by atoms with Gasteiger partial charge in [0, 0.05) is 11.6 Å². The van der Waals surface area contributed by atoms with Crippen molar-refractivity contribution in [2.24, 2.45) is 0 Å². The van der Waals surface area contributed by atoms with E-state index in [-0.39, 0.29) is 11.7 Å². The first-order valence-electron chi connectivity index (χ1n) is 3.48. The van der Waals surface area contributed by atoms with Gasteiger partial charge in [-0.25, -0.2) is 4.39 Å². The summed E-state index contributed by atoms with van der Waals surface area (Å²) in [6.45, 7) is 5.59. The molecule has 58 valence electrons. The molecule has 0 unspecified atom stereocenters. The Bertz CT molecular complexity index is 240. The molecule has 0 saturated heterocycles. The number of hydrogen-bond acceptors (Lipinski definition) is 1. The first-order valence-corrected chi connectivity index (χ1v) is 3.48. The van der Waals surface area contributed by atoms with Crippen molar-refractivity contribution in [2.75, 3.05) is 0 Å². The normalized spacial score (nSPS) is 12.5. The van der Waals surface area contributed by atoms with Crippen molar-refractivity contribution in [3.05, 3.63) is 42.5 Å². The SMILES string of the molecule is C=C[C@@H](C)c1ccc(F)cn1. The average Bonchev–Trinajstić information content (AvgIpc) is 2.05. The van der Waals surface area contributed by atoms with Crippen molar-refractivity contribution < 1.29 is 4.39 Å². The average molecular weight is 151 g/mol. The minimum Gasteiger partial charge on any atom is -0.258 e. The van der Waals surface area contributed by atoms with Gasteiger partial charge in [-0.05, 0) is 12.1 Å². The zero-order valence-corrected chi connectivity index (χ0v) is 6.42. The summed E-state index contributed by atoms with van der Waals surface area (Å²) in [5.74, 6) is -0.111. The van der Waals surface area contributed by atoms with Crippen molar-refractivity contribution in [2.45, 2.75) is 12.8 Å². The topological polar surface area (TPSA) is 12.9 Å². The van der Waals surface area contributed by atoms with E-state index in [2.05, 4.69) is 11.6 Å². The Kier molecular flexibility index (Phi) is 2.36. The summed E-state index contributed by atoms with van der Waals surface area (Å²) in [4.78, 5) is 3.90. The predicted octanol–water partition coefficient (Wildman–Crippen LogP) is 2.51. The van der Waals surface area contributed by atoms with E-state index < -0.39 is 0 Å². The molecule has 0 radical (unpaired) electrons. The number of nitrogens with zero attached hydrogens (tertiary/aromatic N) is 1. The Morgan fingerprint density at radius 1 is 1.64 bits per heavy atom. The van der Waals surface area contributed by atoms with Gasteiger partial charge in [-0.15, -0.1) is 6.58 Å². The lowest BCUT2D eigenvalue weighted by molar-refractivity contribution is 0.618. The van der Waals surface area contributed by atoms with E-state index in [1.807, 2.05) is 6.92 Å². The van der Waals surface area contributed by atoms with Crippen molar-refractivity contribution in [1.82, 2.24) is 4.98 Å². The molecule has 11 heavy (non-hydrogen) atoms. The molecule has 0 saturated carbocycles. The molecule has 0 aliphatic carbocycles. The van der Waals surface area contributed by atoms with Crippen LogP contribution in [0.4, 0.5) is 4.39 Å². The summed E-state index contributed by atoms with van der Waals surface area (Å²) in [6, 6.07) is 3.07. The maximum absolute atomic E-state index is 12.4. The Hall–Kier alpha value is -1.18. The second-order valence-corrected chi connectivity index (χ2v) is 2.43. The summed E-state index contributed by atoms with van der Waals surface area (Å²) in [7, 11) is 0. The first-order chi connectivity index (χ1) is 5.24. The number of hydrogen-bond donors (Lipinski definition) is 0. The van der Waals surface area contributed by atoms with Crippen LogP contribution in [0.15, 0.2) is 31.0 Å². The van der Waals surface area contributed by atoms with Crippen LogP contribution in [0, 0.1) is 5.82 Å². The third-order valence-electron chi connectivity index (χ3n) is 1.57. The number of pyridine rings is 1.